The van der Waals surface area contributed by atoms with Crippen molar-refractivity contribution >= 4 is 11.9 Å². The molecule has 1 aliphatic heterocycles. The maximum absolute atomic E-state index is 13.1. The Labute approximate surface area is 178 Å². The SMILES string of the molecule is COc1ccc(CC2CCN(C(=O)c3[nH]c(C)c(C(=O)OC(C)C)c3C)CC2)cc1. The van der Waals surface area contributed by atoms with Gasteiger partial charge < -0.3 is 19.4 Å². The fourth-order valence-corrected chi connectivity index (χ4v) is 4.14. The Bertz CT molecular complexity index is 891. The Hall–Kier alpha value is -2.76. The maximum Gasteiger partial charge on any atom is 0.340 e. The van der Waals surface area contributed by atoms with Gasteiger partial charge in [-0.25, -0.2) is 4.79 Å². The number of amides is 1. The van der Waals surface area contributed by atoms with E-state index in [2.05, 4.69) is 17.1 Å². The van der Waals surface area contributed by atoms with Crippen LogP contribution in [-0.2, 0) is 11.2 Å². The third-order valence-electron chi connectivity index (χ3n) is 5.78. The van der Waals surface area contributed by atoms with Crippen molar-refractivity contribution in [1.82, 2.24) is 9.88 Å². The number of carbonyl (C=O) groups is 2. The van der Waals surface area contributed by atoms with Crippen molar-refractivity contribution in [2.24, 2.45) is 5.92 Å². The molecule has 0 radical (unpaired) electrons. The predicted octanol–water partition coefficient (Wildman–Crippen LogP) is 4.30. The van der Waals surface area contributed by atoms with E-state index in [0.29, 0.717) is 28.4 Å². The lowest BCUT2D eigenvalue weighted by Gasteiger charge is -2.32. The number of rotatable bonds is 6. The van der Waals surface area contributed by atoms with Crippen LogP contribution >= 0.6 is 0 Å². The Balaban J connectivity index is 1.61. The standard InChI is InChI=1S/C24H32N2O4/c1-15(2)30-24(28)21-16(3)22(25-17(21)4)23(27)26-12-10-19(11-13-26)14-18-6-8-20(29-5)9-7-18/h6-9,15,19,25H,10-14H2,1-5H3. The second kappa shape index (κ2) is 9.37. The van der Waals surface area contributed by atoms with Crippen LogP contribution in [0.25, 0.3) is 0 Å². The van der Waals surface area contributed by atoms with Gasteiger partial charge in [0.15, 0.2) is 0 Å². The molecule has 0 atom stereocenters. The van der Waals surface area contributed by atoms with Crippen molar-refractivity contribution in [3.05, 3.63) is 52.3 Å². The fourth-order valence-electron chi connectivity index (χ4n) is 4.14. The third kappa shape index (κ3) is 4.86. The number of aryl methyl sites for hydroxylation is 1. The first-order valence-electron chi connectivity index (χ1n) is 10.6. The highest BCUT2D eigenvalue weighted by Gasteiger charge is 2.29. The van der Waals surface area contributed by atoms with Crippen LogP contribution in [0, 0.1) is 19.8 Å². The van der Waals surface area contributed by atoms with Gasteiger partial charge >= 0.3 is 5.97 Å². The highest BCUT2D eigenvalue weighted by atomic mass is 16.5. The van der Waals surface area contributed by atoms with E-state index in [4.69, 9.17) is 9.47 Å². The van der Waals surface area contributed by atoms with Crippen LogP contribution < -0.4 is 4.74 Å². The highest BCUT2D eigenvalue weighted by molar-refractivity contribution is 6.00. The molecule has 0 saturated carbocycles. The second-order valence-electron chi connectivity index (χ2n) is 8.37. The van der Waals surface area contributed by atoms with Crippen molar-refractivity contribution in [2.75, 3.05) is 20.2 Å². The number of hydrogen-bond acceptors (Lipinski definition) is 4. The number of aromatic nitrogens is 1. The number of benzene rings is 1. The van der Waals surface area contributed by atoms with Crippen LogP contribution in [0.15, 0.2) is 24.3 Å². The first kappa shape index (κ1) is 21.9. The number of methoxy groups -OCH3 is 1. The molecule has 162 valence electrons. The van der Waals surface area contributed by atoms with Gasteiger partial charge in [0, 0.05) is 18.8 Å². The molecule has 1 aromatic heterocycles. The Morgan fingerprint density at radius 2 is 1.77 bits per heavy atom. The summed E-state index contributed by atoms with van der Waals surface area (Å²) in [6.07, 6.45) is 2.75. The van der Waals surface area contributed by atoms with E-state index in [1.165, 1.54) is 5.56 Å². The number of hydrogen-bond donors (Lipinski definition) is 1. The topological polar surface area (TPSA) is 71.6 Å². The van der Waals surface area contributed by atoms with Crippen LogP contribution in [-0.4, -0.2) is 48.1 Å². The quantitative estimate of drug-likeness (QED) is 0.718. The van der Waals surface area contributed by atoms with E-state index < -0.39 is 0 Å². The zero-order valence-electron chi connectivity index (χ0n) is 18.6. The summed E-state index contributed by atoms with van der Waals surface area (Å²) in [5.41, 5.74) is 3.61. The minimum Gasteiger partial charge on any atom is -0.497 e. The van der Waals surface area contributed by atoms with Crippen molar-refractivity contribution in [3.8, 4) is 5.75 Å². The summed E-state index contributed by atoms with van der Waals surface area (Å²) in [7, 11) is 1.67. The molecule has 30 heavy (non-hydrogen) atoms. The molecule has 1 fully saturated rings. The molecule has 0 aliphatic carbocycles. The van der Waals surface area contributed by atoms with E-state index >= 15 is 0 Å². The largest absolute Gasteiger partial charge is 0.497 e. The van der Waals surface area contributed by atoms with Crippen LogP contribution in [0.2, 0.25) is 0 Å². The number of aromatic amines is 1. The summed E-state index contributed by atoms with van der Waals surface area (Å²) in [5.74, 6) is 1.01. The second-order valence-corrected chi connectivity index (χ2v) is 8.37. The molecule has 1 aromatic carbocycles. The van der Waals surface area contributed by atoms with E-state index in [9.17, 15) is 9.59 Å². The number of piperidine rings is 1. The fraction of sp³-hybridized carbons (Fsp3) is 0.500. The number of ether oxygens (including phenoxy) is 2. The van der Waals surface area contributed by atoms with Gasteiger partial charge in [-0.15, -0.1) is 0 Å². The number of H-pyrrole nitrogens is 1. The van der Waals surface area contributed by atoms with Gasteiger partial charge in [-0.1, -0.05) is 12.1 Å². The molecule has 1 saturated heterocycles. The van der Waals surface area contributed by atoms with Crippen molar-refractivity contribution in [3.63, 3.8) is 0 Å². The van der Waals surface area contributed by atoms with Crippen LogP contribution in [0.5, 0.6) is 5.75 Å². The summed E-state index contributed by atoms with van der Waals surface area (Å²) in [4.78, 5) is 30.5. The average molecular weight is 413 g/mol. The van der Waals surface area contributed by atoms with Crippen LogP contribution in [0.3, 0.4) is 0 Å². The number of esters is 1. The minimum atomic E-state index is -0.381. The normalized spacial score (nSPS) is 14.8. The average Bonchev–Trinajstić information content (AvgIpc) is 3.02. The molecule has 2 heterocycles. The lowest BCUT2D eigenvalue weighted by Crippen LogP contribution is -2.39. The zero-order chi connectivity index (χ0) is 21.8. The molecule has 3 rings (SSSR count). The first-order chi connectivity index (χ1) is 14.3. The molecule has 0 unspecified atom stereocenters. The van der Waals surface area contributed by atoms with Crippen molar-refractivity contribution in [2.45, 2.75) is 53.1 Å². The minimum absolute atomic E-state index is 0.0397. The first-order valence-corrected chi connectivity index (χ1v) is 10.6. The van der Waals surface area contributed by atoms with E-state index in [-0.39, 0.29) is 18.0 Å². The number of carbonyl (C=O) groups excluding carboxylic acids is 2. The Morgan fingerprint density at radius 3 is 2.33 bits per heavy atom. The molecule has 2 aromatic rings. The molecule has 6 nitrogen and oxygen atoms in total. The van der Waals surface area contributed by atoms with Gasteiger partial charge in [-0.3, -0.25) is 4.79 Å². The Morgan fingerprint density at radius 1 is 1.13 bits per heavy atom. The number of nitrogens with one attached hydrogen (secondary N) is 1. The van der Waals surface area contributed by atoms with Gasteiger partial charge in [0.2, 0.25) is 0 Å². The number of nitrogens with zero attached hydrogens (tertiary/aromatic N) is 1. The maximum atomic E-state index is 13.1. The van der Waals surface area contributed by atoms with Gasteiger partial charge in [0.1, 0.15) is 11.4 Å². The van der Waals surface area contributed by atoms with Crippen LogP contribution in [0.1, 0.15) is 64.4 Å². The lowest BCUT2D eigenvalue weighted by atomic mass is 9.90. The molecule has 0 bridgehead atoms. The number of likely N-dealkylation sites (tertiary alicyclic amines) is 1. The monoisotopic (exact) mass is 412 g/mol. The molecule has 1 amide bonds. The molecule has 1 N–H and O–H groups in total. The zero-order valence-corrected chi connectivity index (χ0v) is 18.6. The molecule has 6 heteroatoms. The van der Waals surface area contributed by atoms with Gasteiger partial charge in [0.05, 0.1) is 18.8 Å². The van der Waals surface area contributed by atoms with Gasteiger partial charge in [-0.05, 0) is 76.1 Å². The molecule has 0 spiro atoms. The highest BCUT2D eigenvalue weighted by Crippen LogP contribution is 2.26. The summed E-state index contributed by atoms with van der Waals surface area (Å²) >= 11 is 0. The summed E-state index contributed by atoms with van der Waals surface area (Å²) < 4.78 is 10.5. The van der Waals surface area contributed by atoms with Gasteiger partial charge in [0.25, 0.3) is 5.91 Å². The Kier molecular flexibility index (Phi) is 6.85. The smallest absolute Gasteiger partial charge is 0.340 e. The third-order valence-corrected chi connectivity index (χ3v) is 5.78. The van der Waals surface area contributed by atoms with Gasteiger partial charge in [-0.2, -0.15) is 0 Å². The lowest BCUT2D eigenvalue weighted by molar-refractivity contribution is 0.0376. The molecular weight excluding hydrogens is 380 g/mol. The van der Waals surface area contributed by atoms with Crippen LogP contribution in [0.4, 0.5) is 0 Å². The van der Waals surface area contributed by atoms with Crippen molar-refractivity contribution in [1.29, 1.82) is 0 Å². The van der Waals surface area contributed by atoms with Crippen molar-refractivity contribution < 1.29 is 19.1 Å². The van der Waals surface area contributed by atoms with E-state index in [1.54, 1.807) is 7.11 Å². The van der Waals surface area contributed by atoms with E-state index in [1.807, 2.05) is 44.7 Å². The summed E-state index contributed by atoms with van der Waals surface area (Å²) in [5, 5.41) is 0. The molecule has 1 aliphatic rings. The summed E-state index contributed by atoms with van der Waals surface area (Å²) in [6, 6.07) is 8.21. The summed E-state index contributed by atoms with van der Waals surface area (Å²) in [6.45, 7) is 8.70. The van der Waals surface area contributed by atoms with E-state index in [0.717, 1.165) is 38.1 Å². The molecular formula is C24H32N2O4. The predicted molar refractivity (Wildman–Crippen MR) is 116 cm³/mol.